The fourth-order valence-corrected chi connectivity index (χ4v) is 4.27. The molecule has 0 aromatic carbocycles. The molecule has 0 aromatic heterocycles. The average Bonchev–Trinajstić information content (AvgIpc) is 2.73. The first-order valence-electron chi connectivity index (χ1n) is 11.8. The normalized spacial score (nSPS) is 20.0. The highest BCUT2D eigenvalue weighted by Gasteiger charge is 2.41. The van der Waals surface area contributed by atoms with Gasteiger partial charge in [0.25, 0.3) is 0 Å². The molecular formula is C26H43N3O4. The molecule has 1 fully saturated rings. The molecule has 0 radical (unpaired) electrons. The van der Waals surface area contributed by atoms with E-state index in [2.05, 4.69) is 16.1 Å². The van der Waals surface area contributed by atoms with Crippen LogP contribution in [0.5, 0.6) is 0 Å². The van der Waals surface area contributed by atoms with Crippen LogP contribution in [0, 0.1) is 23.7 Å². The summed E-state index contributed by atoms with van der Waals surface area (Å²) in [5, 5.41) is 12.3. The van der Waals surface area contributed by atoms with Gasteiger partial charge in [-0.15, -0.1) is 6.42 Å². The van der Waals surface area contributed by atoms with Gasteiger partial charge in [0.15, 0.2) is 0 Å². The average molecular weight is 462 g/mol. The van der Waals surface area contributed by atoms with E-state index < -0.39 is 35.0 Å². The molecule has 7 heteroatoms. The van der Waals surface area contributed by atoms with E-state index in [1.54, 1.807) is 18.0 Å². The number of carboxylic acids is 1. The number of carbonyl (C=O) groups excluding carboxylic acids is 2. The van der Waals surface area contributed by atoms with E-state index in [1.165, 1.54) is 6.92 Å². The van der Waals surface area contributed by atoms with Crippen molar-refractivity contribution in [3.05, 3.63) is 11.6 Å². The van der Waals surface area contributed by atoms with E-state index in [4.69, 9.17) is 6.42 Å². The molecule has 2 amide bonds. The molecule has 1 aliphatic rings. The minimum atomic E-state index is -1.02. The lowest BCUT2D eigenvalue weighted by Crippen LogP contribution is -2.62. The number of nitrogens with one attached hydrogen (secondary N) is 1. The van der Waals surface area contributed by atoms with E-state index in [1.807, 2.05) is 48.5 Å². The summed E-state index contributed by atoms with van der Waals surface area (Å²) in [5.74, 6) is 1.32. The first-order valence-corrected chi connectivity index (χ1v) is 11.8. The number of hydrogen-bond donors (Lipinski definition) is 2. The van der Waals surface area contributed by atoms with Crippen molar-refractivity contribution in [3.8, 4) is 12.3 Å². The third-order valence-corrected chi connectivity index (χ3v) is 6.51. The van der Waals surface area contributed by atoms with Crippen LogP contribution in [0.4, 0.5) is 0 Å². The van der Waals surface area contributed by atoms with Gasteiger partial charge in [-0.3, -0.25) is 14.5 Å². The molecule has 2 N–H and O–H groups in total. The molecule has 1 rings (SSSR count). The largest absolute Gasteiger partial charge is 0.478 e. The van der Waals surface area contributed by atoms with Gasteiger partial charge < -0.3 is 15.3 Å². The number of likely N-dealkylation sites (tertiary alicyclic amines) is 1. The van der Waals surface area contributed by atoms with Gasteiger partial charge in [-0.2, -0.15) is 0 Å². The van der Waals surface area contributed by atoms with Crippen LogP contribution in [0.3, 0.4) is 0 Å². The summed E-state index contributed by atoms with van der Waals surface area (Å²) in [6.45, 7) is 15.7. The van der Waals surface area contributed by atoms with Gasteiger partial charge in [-0.05, 0) is 44.9 Å². The van der Waals surface area contributed by atoms with Crippen LogP contribution >= 0.6 is 0 Å². The summed E-state index contributed by atoms with van der Waals surface area (Å²) in [4.78, 5) is 42.0. The second-order valence-corrected chi connectivity index (χ2v) is 11.1. The summed E-state index contributed by atoms with van der Waals surface area (Å²) < 4.78 is 0. The van der Waals surface area contributed by atoms with Gasteiger partial charge in [0, 0.05) is 19.2 Å². The molecule has 0 bridgehead atoms. The number of rotatable bonds is 8. The molecule has 1 aliphatic heterocycles. The SMILES string of the molecule is C#CC(C)(C)N1CCCC[C@@H]1C(=O)NC(C(=O)N(C)[C@H](/C=C(\C)C(=O)O)C(C)C)C(C)(C)C. The van der Waals surface area contributed by atoms with E-state index in [-0.39, 0.29) is 23.3 Å². The molecule has 1 saturated heterocycles. The van der Waals surface area contributed by atoms with Gasteiger partial charge >= 0.3 is 5.97 Å². The Morgan fingerprint density at radius 2 is 1.76 bits per heavy atom. The molecule has 33 heavy (non-hydrogen) atoms. The number of amides is 2. The van der Waals surface area contributed by atoms with E-state index in [0.29, 0.717) is 6.42 Å². The molecule has 0 aromatic rings. The van der Waals surface area contributed by atoms with E-state index in [0.717, 1.165) is 19.4 Å². The maximum atomic E-state index is 13.6. The van der Waals surface area contributed by atoms with Crippen LogP contribution in [0.25, 0.3) is 0 Å². The smallest absolute Gasteiger partial charge is 0.331 e. The third kappa shape index (κ3) is 7.33. The minimum absolute atomic E-state index is 0.00478. The highest BCUT2D eigenvalue weighted by molar-refractivity contribution is 5.91. The molecule has 1 heterocycles. The van der Waals surface area contributed by atoms with Crippen molar-refractivity contribution in [2.24, 2.45) is 11.3 Å². The Morgan fingerprint density at radius 1 is 1.18 bits per heavy atom. The van der Waals surface area contributed by atoms with Crippen molar-refractivity contribution in [2.45, 2.75) is 98.3 Å². The Labute approximate surface area is 200 Å². The maximum absolute atomic E-state index is 13.6. The molecule has 186 valence electrons. The lowest BCUT2D eigenvalue weighted by atomic mass is 9.84. The second kappa shape index (κ2) is 11.2. The quantitative estimate of drug-likeness (QED) is 0.428. The van der Waals surface area contributed by atoms with Crippen LogP contribution in [-0.2, 0) is 14.4 Å². The van der Waals surface area contributed by atoms with Gasteiger partial charge in [0.2, 0.25) is 11.8 Å². The lowest BCUT2D eigenvalue weighted by molar-refractivity contribution is -0.142. The summed E-state index contributed by atoms with van der Waals surface area (Å²) in [6.07, 6.45) is 9.94. The number of likely N-dealkylation sites (N-methyl/N-ethyl adjacent to an activating group) is 1. The van der Waals surface area contributed by atoms with Crippen molar-refractivity contribution in [1.82, 2.24) is 15.1 Å². The minimum Gasteiger partial charge on any atom is -0.478 e. The van der Waals surface area contributed by atoms with Crippen LogP contribution in [-0.4, -0.2) is 69.9 Å². The van der Waals surface area contributed by atoms with Gasteiger partial charge in [-0.25, -0.2) is 4.79 Å². The third-order valence-electron chi connectivity index (χ3n) is 6.51. The zero-order valence-electron chi connectivity index (χ0n) is 21.9. The number of nitrogens with zero attached hydrogens (tertiary/aromatic N) is 2. The molecule has 3 atom stereocenters. The standard InChI is InChI=1S/C26H43N3O4/c1-11-26(8,9)29-15-13-12-14-19(29)22(30)27-21(25(5,6)7)23(31)28(10)20(17(2)3)16-18(4)24(32)33/h1,16-17,19-21H,12-15H2,2-10H3,(H,27,30)(H,32,33)/b18-16+/t19-,20-,21?/m1/s1. The summed E-state index contributed by atoms with van der Waals surface area (Å²) in [5.41, 5.74) is -0.934. The Hall–Kier alpha value is -2.33. The number of terminal acetylenes is 1. The lowest BCUT2D eigenvalue weighted by Gasteiger charge is -2.44. The Morgan fingerprint density at radius 3 is 2.21 bits per heavy atom. The Kier molecular flexibility index (Phi) is 9.74. The van der Waals surface area contributed by atoms with Crippen LogP contribution in [0.1, 0.15) is 74.7 Å². The number of carboxylic acid groups (broad SMARTS) is 1. The molecule has 7 nitrogen and oxygen atoms in total. The van der Waals surface area contributed by atoms with Gasteiger partial charge in [-0.1, -0.05) is 53.0 Å². The van der Waals surface area contributed by atoms with Crippen LogP contribution in [0.2, 0.25) is 0 Å². The Balaban J connectivity index is 3.23. The van der Waals surface area contributed by atoms with Crippen LogP contribution < -0.4 is 5.32 Å². The van der Waals surface area contributed by atoms with Gasteiger partial charge in [0.05, 0.1) is 17.6 Å². The molecule has 0 spiro atoms. The highest BCUT2D eigenvalue weighted by atomic mass is 16.4. The van der Waals surface area contributed by atoms with Crippen molar-refractivity contribution in [3.63, 3.8) is 0 Å². The Bertz CT molecular complexity index is 801. The predicted octanol–water partition coefficient (Wildman–Crippen LogP) is 3.30. The van der Waals surface area contributed by atoms with E-state index >= 15 is 0 Å². The van der Waals surface area contributed by atoms with Crippen molar-refractivity contribution < 1.29 is 19.5 Å². The van der Waals surface area contributed by atoms with Crippen LogP contribution in [0.15, 0.2) is 11.6 Å². The zero-order chi connectivity index (χ0) is 25.7. The molecular weight excluding hydrogens is 418 g/mol. The first kappa shape index (κ1) is 28.7. The van der Waals surface area contributed by atoms with E-state index in [9.17, 15) is 19.5 Å². The maximum Gasteiger partial charge on any atom is 0.331 e. The van der Waals surface area contributed by atoms with Gasteiger partial charge in [0.1, 0.15) is 6.04 Å². The summed E-state index contributed by atoms with van der Waals surface area (Å²) in [6, 6.07) is -1.59. The number of hydrogen-bond acceptors (Lipinski definition) is 4. The summed E-state index contributed by atoms with van der Waals surface area (Å²) in [7, 11) is 1.66. The number of aliphatic carboxylic acids is 1. The predicted molar refractivity (Wildman–Crippen MR) is 131 cm³/mol. The second-order valence-electron chi connectivity index (χ2n) is 11.1. The van der Waals surface area contributed by atoms with Crippen molar-refractivity contribution in [2.75, 3.05) is 13.6 Å². The first-order chi connectivity index (χ1) is 15.0. The van der Waals surface area contributed by atoms with Crippen molar-refractivity contribution in [1.29, 1.82) is 0 Å². The summed E-state index contributed by atoms with van der Waals surface area (Å²) >= 11 is 0. The number of piperidine rings is 1. The topological polar surface area (TPSA) is 90.0 Å². The molecule has 0 aliphatic carbocycles. The molecule has 0 saturated carbocycles. The van der Waals surface area contributed by atoms with Crippen molar-refractivity contribution >= 4 is 17.8 Å². The fraction of sp³-hybridized carbons (Fsp3) is 0.731. The number of carbonyl (C=O) groups is 3. The zero-order valence-corrected chi connectivity index (χ0v) is 21.9. The highest BCUT2D eigenvalue weighted by Crippen LogP contribution is 2.28. The fourth-order valence-electron chi connectivity index (χ4n) is 4.27. The monoisotopic (exact) mass is 461 g/mol. The molecule has 1 unspecified atom stereocenters.